The third-order valence-corrected chi connectivity index (χ3v) is 3.83. The lowest BCUT2D eigenvalue weighted by molar-refractivity contribution is 0.617. The lowest BCUT2D eigenvalue weighted by Crippen LogP contribution is -2.24. The van der Waals surface area contributed by atoms with Gasteiger partial charge in [-0.2, -0.15) is 5.10 Å². The highest BCUT2D eigenvalue weighted by Crippen LogP contribution is 2.24. The first-order valence-electron chi connectivity index (χ1n) is 7.35. The Morgan fingerprint density at radius 1 is 1.48 bits per heavy atom. The third-order valence-electron chi connectivity index (χ3n) is 3.53. The van der Waals surface area contributed by atoms with Crippen molar-refractivity contribution in [2.45, 2.75) is 40.2 Å². The molecule has 1 N–H and O–H groups in total. The van der Waals surface area contributed by atoms with Crippen LogP contribution in [-0.4, -0.2) is 27.4 Å². The number of hydrogen-bond acceptors (Lipinski definition) is 3. The zero-order chi connectivity index (χ0) is 15.6. The van der Waals surface area contributed by atoms with Gasteiger partial charge in [-0.3, -0.25) is 4.68 Å². The Balaban J connectivity index is 2.40. The van der Waals surface area contributed by atoms with E-state index < -0.39 is 0 Å². The quantitative estimate of drug-likeness (QED) is 0.856. The van der Waals surface area contributed by atoms with Crippen molar-refractivity contribution in [3.8, 4) is 0 Å². The van der Waals surface area contributed by atoms with Crippen LogP contribution in [-0.2, 0) is 7.05 Å². The summed E-state index contributed by atoms with van der Waals surface area (Å²) in [6.07, 6.45) is 3.12. The number of pyridine rings is 1. The number of aryl methyl sites for hydroxylation is 2. The highest BCUT2D eigenvalue weighted by atomic mass is 35.5. The molecule has 2 rings (SSSR count). The van der Waals surface area contributed by atoms with Gasteiger partial charge in [0, 0.05) is 30.6 Å². The molecule has 0 aromatic carbocycles. The maximum absolute atomic E-state index is 6.33. The molecule has 0 fully saturated rings. The molecule has 0 aliphatic carbocycles. The maximum atomic E-state index is 6.33. The van der Waals surface area contributed by atoms with Gasteiger partial charge in [-0.15, -0.1) is 0 Å². The first-order chi connectivity index (χ1) is 9.92. The topological polar surface area (TPSA) is 42.7 Å². The van der Waals surface area contributed by atoms with Crippen LogP contribution in [0.2, 0.25) is 5.15 Å². The van der Waals surface area contributed by atoms with E-state index in [4.69, 9.17) is 11.6 Å². The van der Waals surface area contributed by atoms with Crippen molar-refractivity contribution in [2.24, 2.45) is 7.05 Å². The van der Waals surface area contributed by atoms with Crippen molar-refractivity contribution in [3.63, 3.8) is 0 Å². The molecule has 2 aromatic heterocycles. The van der Waals surface area contributed by atoms with E-state index >= 15 is 0 Å². The molecule has 4 nitrogen and oxygen atoms in total. The molecule has 0 aliphatic rings. The predicted molar refractivity (Wildman–Crippen MR) is 89.7 cm³/mol. The fourth-order valence-electron chi connectivity index (χ4n) is 2.27. The smallest absolute Gasteiger partial charge is 0.159 e. The molecule has 114 valence electrons. The summed E-state index contributed by atoms with van der Waals surface area (Å²) in [4.78, 5) is 4.48. The number of aromatic nitrogens is 3. The molecule has 0 saturated carbocycles. The molecule has 21 heavy (non-hydrogen) atoms. The standard InChI is InChI=1S/C16H23ClN4/c1-6-12(9-18-10(2)3)7-13-8-14-11(4)20-21(5)16(14)19-15(13)17/h7-8,10,18H,6,9H2,1-5H3. The molecule has 5 heteroatoms. The summed E-state index contributed by atoms with van der Waals surface area (Å²) in [7, 11) is 1.89. The summed E-state index contributed by atoms with van der Waals surface area (Å²) < 4.78 is 1.77. The SMILES string of the molecule is CCC(=Cc1cc2c(C)nn(C)c2nc1Cl)CNC(C)C. The monoisotopic (exact) mass is 306 g/mol. The van der Waals surface area contributed by atoms with Crippen LogP contribution in [0.5, 0.6) is 0 Å². The van der Waals surface area contributed by atoms with Crippen molar-refractivity contribution < 1.29 is 0 Å². The molecule has 0 unspecified atom stereocenters. The number of nitrogens with one attached hydrogen (secondary N) is 1. The van der Waals surface area contributed by atoms with Crippen LogP contribution < -0.4 is 5.32 Å². The van der Waals surface area contributed by atoms with Gasteiger partial charge in [0.2, 0.25) is 0 Å². The number of hydrogen-bond donors (Lipinski definition) is 1. The van der Waals surface area contributed by atoms with Gasteiger partial charge in [-0.1, -0.05) is 44.0 Å². The van der Waals surface area contributed by atoms with E-state index in [0.29, 0.717) is 11.2 Å². The van der Waals surface area contributed by atoms with Crippen LogP contribution in [0.3, 0.4) is 0 Å². The van der Waals surface area contributed by atoms with Crippen LogP contribution in [0.25, 0.3) is 17.1 Å². The van der Waals surface area contributed by atoms with Gasteiger partial charge in [0.05, 0.1) is 5.69 Å². The number of rotatable bonds is 5. The Bertz CT molecular complexity index is 670. The molecular weight excluding hydrogens is 284 g/mol. The van der Waals surface area contributed by atoms with E-state index in [0.717, 1.165) is 35.3 Å². The maximum Gasteiger partial charge on any atom is 0.159 e. The predicted octanol–water partition coefficient (Wildman–Crippen LogP) is 3.72. The summed E-state index contributed by atoms with van der Waals surface area (Å²) >= 11 is 6.33. The Morgan fingerprint density at radius 3 is 2.81 bits per heavy atom. The highest BCUT2D eigenvalue weighted by molar-refractivity contribution is 6.31. The molecule has 2 aromatic rings. The first kappa shape index (κ1) is 16.0. The number of fused-ring (bicyclic) bond motifs is 1. The van der Waals surface area contributed by atoms with Crippen molar-refractivity contribution in [2.75, 3.05) is 6.54 Å². The summed E-state index contributed by atoms with van der Waals surface area (Å²) in [6.45, 7) is 9.31. The molecule has 0 amide bonds. The largest absolute Gasteiger partial charge is 0.311 e. The average Bonchev–Trinajstić information content (AvgIpc) is 2.69. The fourth-order valence-corrected chi connectivity index (χ4v) is 2.46. The summed E-state index contributed by atoms with van der Waals surface area (Å²) in [5, 5.41) is 9.42. The van der Waals surface area contributed by atoms with E-state index in [2.05, 4.69) is 48.3 Å². The van der Waals surface area contributed by atoms with Gasteiger partial charge >= 0.3 is 0 Å². The second-order valence-corrected chi connectivity index (χ2v) is 6.00. The van der Waals surface area contributed by atoms with Crippen molar-refractivity contribution in [3.05, 3.63) is 28.0 Å². The lowest BCUT2D eigenvalue weighted by atomic mass is 10.1. The van der Waals surface area contributed by atoms with Gasteiger partial charge in [-0.25, -0.2) is 4.98 Å². The molecule has 0 atom stereocenters. The zero-order valence-electron chi connectivity index (χ0n) is 13.4. The van der Waals surface area contributed by atoms with E-state index in [1.165, 1.54) is 5.57 Å². The summed E-state index contributed by atoms with van der Waals surface area (Å²) in [5.41, 5.74) is 4.08. The fraction of sp³-hybridized carbons (Fsp3) is 0.500. The molecule has 0 saturated heterocycles. The first-order valence-corrected chi connectivity index (χ1v) is 7.72. The van der Waals surface area contributed by atoms with Crippen LogP contribution in [0.15, 0.2) is 11.6 Å². The van der Waals surface area contributed by atoms with Crippen molar-refractivity contribution in [1.29, 1.82) is 0 Å². The van der Waals surface area contributed by atoms with Gasteiger partial charge < -0.3 is 5.32 Å². The third kappa shape index (κ3) is 3.63. The minimum absolute atomic E-state index is 0.469. The van der Waals surface area contributed by atoms with E-state index in [1.807, 2.05) is 14.0 Å². The second-order valence-electron chi connectivity index (χ2n) is 5.64. The zero-order valence-corrected chi connectivity index (χ0v) is 14.1. The van der Waals surface area contributed by atoms with Gasteiger partial charge in [-0.05, 0) is 19.4 Å². The lowest BCUT2D eigenvalue weighted by Gasteiger charge is -2.10. The summed E-state index contributed by atoms with van der Waals surface area (Å²) in [6, 6.07) is 2.55. The second kappa shape index (κ2) is 6.58. The number of halogens is 1. The van der Waals surface area contributed by atoms with E-state index in [1.54, 1.807) is 4.68 Å². The minimum atomic E-state index is 0.469. The number of nitrogens with zero attached hydrogens (tertiary/aromatic N) is 3. The van der Waals surface area contributed by atoms with Gasteiger partial charge in [0.15, 0.2) is 5.65 Å². The van der Waals surface area contributed by atoms with Crippen LogP contribution in [0.4, 0.5) is 0 Å². The molecule has 0 radical (unpaired) electrons. The van der Waals surface area contributed by atoms with Gasteiger partial charge in [0.25, 0.3) is 0 Å². The van der Waals surface area contributed by atoms with E-state index in [9.17, 15) is 0 Å². The van der Waals surface area contributed by atoms with Crippen LogP contribution in [0.1, 0.15) is 38.4 Å². The Labute approximate surface area is 131 Å². The Morgan fingerprint density at radius 2 is 2.19 bits per heavy atom. The average molecular weight is 307 g/mol. The molecular formula is C16H23ClN4. The molecule has 2 heterocycles. The van der Waals surface area contributed by atoms with Gasteiger partial charge in [0.1, 0.15) is 5.15 Å². The minimum Gasteiger partial charge on any atom is -0.311 e. The highest BCUT2D eigenvalue weighted by Gasteiger charge is 2.10. The van der Waals surface area contributed by atoms with Crippen LogP contribution >= 0.6 is 11.6 Å². The normalized spacial score (nSPS) is 12.6. The molecule has 0 spiro atoms. The molecule has 0 bridgehead atoms. The van der Waals surface area contributed by atoms with Crippen molar-refractivity contribution >= 4 is 28.7 Å². The summed E-state index contributed by atoms with van der Waals surface area (Å²) in [5.74, 6) is 0. The Hall–Kier alpha value is -1.39. The van der Waals surface area contributed by atoms with Crippen LogP contribution in [0, 0.1) is 6.92 Å². The molecule has 0 aliphatic heterocycles. The Kier molecular flexibility index (Phi) is 5.01. The van der Waals surface area contributed by atoms with Crippen molar-refractivity contribution in [1.82, 2.24) is 20.1 Å². The van der Waals surface area contributed by atoms with E-state index in [-0.39, 0.29) is 0 Å².